The summed E-state index contributed by atoms with van der Waals surface area (Å²) in [6.45, 7) is 0.558. The lowest BCUT2D eigenvalue weighted by Crippen LogP contribution is -2.42. The molecule has 0 aliphatic heterocycles. The Morgan fingerprint density at radius 2 is 1.45 bits per heavy atom. The predicted octanol–water partition coefficient (Wildman–Crippen LogP) is 2.08. The first-order valence-electron chi connectivity index (χ1n) is 9.28. The maximum atomic E-state index is 12.5. The molecular weight excluding hydrogens is 372 g/mol. The SMILES string of the molecule is NC(N)=NCCC[C@@H](NC(=O)OCc1ccccc1)C(=O)OCc1ccccc1. The van der Waals surface area contributed by atoms with Crippen molar-refractivity contribution in [2.24, 2.45) is 16.5 Å². The molecule has 0 radical (unpaired) electrons. The van der Waals surface area contributed by atoms with E-state index in [1.165, 1.54) is 0 Å². The van der Waals surface area contributed by atoms with Gasteiger partial charge in [-0.25, -0.2) is 9.59 Å². The molecule has 0 fully saturated rings. The summed E-state index contributed by atoms with van der Waals surface area (Å²) in [5.41, 5.74) is 12.3. The standard InChI is InChI=1S/C21H26N4O4/c22-20(23)24-13-7-12-18(19(26)28-14-16-8-3-1-4-9-16)25-21(27)29-15-17-10-5-2-6-11-17/h1-6,8-11,18H,7,12-15H2,(H,25,27)(H4,22,23,24)/t18-/m1/s1. The molecule has 0 saturated heterocycles. The monoisotopic (exact) mass is 398 g/mol. The van der Waals surface area contributed by atoms with Crippen LogP contribution in [0, 0.1) is 0 Å². The fraction of sp³-hybridized carbons (Fsp3) is 0.286. The first-order chi connectivity index (χ1) is 14.0. The lowest BCUT2D eigenvalue weighted by molar-refractivity contribution is -0.147. The van der Waals surface area contributed by atoms with Crippen molar-refractivity contribution in [3.8, 4) is 0 Å². The maximum Gasteiger partial charge on any atom is 0.408 e. The van der Waals surface area contributed by atoms with Crippen LogP contribution in [0.5, 0.6) is 0 Å². The highest BCUT2D eigenvalue weighted by molar-refractivity contribution is 5.81. The highest BCUT2D eigenvalue weighted by Gasteiger charge is 2.23. The van der Waals surface area contributed by atoms with E-state index >= 15 is 0 Å². The summed E-state index contributed by atoms with van der Waals surface area (Å²) in [7, 11) is 0. The van der Waals surface area contributed by atoms with E-state index in [2.05, 4.69) is 10.3 Å². The molecule has 0 aromatic heterocycles. The summed E-state index contributed by atoms with van der Waals surface area (Å²) < 4.78 is 10.5. The van der Waals surface area contributed by atoms with Gasteiger partial charge in [0.1, 0.15) is 19.3 Å². The first kappa shape index (κ1) is 21.7. The predicted molar refractivity (Wildman–Crippen MR) is 110 cm³/mol. The number of amides is 1. The zero-order valence-electron chi connectivity index (χ0n) is 16.1. The van der Waals surface area contributed by atoms with Gasteiger partial charge in [0.05, 0.1) is 0 Å². The van der Waals surface area contributed by atoms with Gasteiger partial charge in [-0.3, -0.25) is 4.99 Å². The number of carbonyl (C=O) groups is 2. The van der Waals surface area contributed by atoms with Crippen LogP contribution in [0.4, 0.5) is 4.79 Å². The van der Waals surface area contributed by atoms with Crippen molar-refractivity contribution in [3.05, 3.63) is 71.8 Å². The average molecular weight is 398 g/mol. The molecular formula is C21H26N4O4. The summed E-state index contributed by atoms with van der Waals surface area (Å²) in [6.07, 6.45) is 0.102. The third-order valence-corrected chi connectivity index (χ3v) is 3.96. The number of ether oxygens (including phenoxy) is 2. The lowest BCUT2D eigenvalue weighted by Gasteiger charge is -2.17. The molecule has 0 unspecified atom stereocenters. The number of alkyl carbamates (subject to hydrolysis) is 1. The molecule has 8 nitrogen and oxygen atoms in total. The maximum absolute atomic E-state index is 12.5. The molecule has 2 rings (SSSR count). The molecule has 0 aliphatic carbocycles. The van der Waals surface area contributed by atoms with Crippen molar-refractivity contribution in [2.45, 2.75) is 32.1 Å². The molecule has 0 aliphatic rings. The minimum Gasteiger partial charge on any atom is -0.459 e. The van der Waals surface area contributed by atoms with E-state index in [9.17, 15) is 9.59 Å². The number of rotatable bonds is 10. The molecule has 1 amide bonds. The molecule has 2 aromatic rings. The second-order valence-electron chi connectivity index (χ2n) is 6.30. The fourth-order valence-electron chi connectivity index (χ4n) is 2.49. The highest BCUT2D eigenvalue weighted by Crippen LogP contribution is 2.07. The van der Waals surface area contributed by atoms with Crippen LogP contribution >= 0.6 is 0 Å². The Bertz CT molecular complexity index is 793. The van der Waals surface area contributed by atoms with E-state index in [1.807, 2.05) is 60.7 Å². The number of hydrogen-bond acceptors (Lipinski definition) is 5. The number of aliphatic imine (C=N–C) groups is 1. The summed E-state index contributed by atoms with van der Waals surface area (Å²) in [4.78, 5) is 28.5. The van der Waals surface area contributed by atoms with E-state index < -0.39 is 18.1 Å². The van der Waals surface area contributed by atoms with Crippen molar-refractivity contribution < 1.29 is 19.1 Å². The van der Waals surface area contributed by atoms with Gasteiger partial charge in [-0.15, -0.1) is 0 Å². The number of nitrogens with zero attached hydrogens (tertiary/aromatic N) is 1. The van der Waals surface area contributed by atoms with Crippen molar-refractivity contribution in [1.82, 2.24) is 5.32 Å². The lowest BCUT2D eigenvalue weighted by atomic mass is 10.1. The summed E-state index contributed by atoms with van der Waals surface area (Å²) >= 11 is 0. The van der Waals surface area contributed by atoms with Crippen LogP contribution < -0.4 is 16.8 Å². The molecule has 0 heterocycles. The van der Waals surface area contributed by atoms with Gasteiger partial charge >= 0.3 is 12.1 Å². The Hall–Kier alpha value is -3.55. The number of carbonyl (C=O) groups excluding carboxylic acids is 2. The van der Waals surface area contributed by atoms with Crippen LogP contribution in [-0.2, 0) is 27.5 Å². The Labute approximate surface area is 169 Å². The number of nitrogens with two attached hydrogens (primary N) is 2. The molecule has 29 heavy (non-hydrogen) atoms. The molecule has 0 bridgehead atoms. The Morgan fingerprint density at radius 3 is 2.00 bits per heavy atom. The smallest absolute Gasteiger partial charge is 0.408 e. The second-order valence-corrected chi connectivity index (χ2v) is 6.30. The van der Waals surface area contributed by atoms with Gasteiger partial charge in [0, 0.05) is 6.54 Å². The van der Waals surface area contributed by atoms with E-state index in [-0.39, 0.29) is 19.2 Å². The number of benzene rings is 2. The molecule has 8 heteroatoms. The minimum absolute atomic E-state index is 0.0246. The molecule has 2 aromatic carbocycles. The third-order valence-electron chi connectivity index (χ3n) is 3.96. The van der Waals surface area contributed by atoms with E-state index in [0.717, 1.165) is 11.1 Å². The topological polar surface area (TPSA) is 129 Å². The minimum atomic E-state index is -0.865. The molecule has 1 atom stereocenters. The highest BCUT2D eigenvalue weighted by atomic mass is 16.6. The van der Waals surface area contributed by atoms with Gasteiger partial charge in [0.25, 0.3) is 0 Å². The number of nitrogens with one attached hydrogen (secondary N) is 1. The van der Waals surface area contributed by atoms with E-state index in [1.54, 1.807) is 0 Å². The van der Waals surface area contributed by atoms with Crippen molar-refractivity contribution in [2.75, 3.05) is 6.54 Å². The number of hydrogen-bond donors (Lipinski definition) is 3. The fourth-order valence-corrected chi connectivity index (χ4v) is 2.49. The molecule has 5 N–H and O–H groups in total. The van der Waals surface area contributed by atoms with Crippen LogP contribution in [0.1, 0.15) is 24.0 Å². The van der Waals surface area contributed by atoms with Crippen LogP contribution in [0.3, 0.4) is 0 Å². The Balaban J connectivity index is 1.88. The average Bonchev–Trinajstić information content (AvgIpc) is 2.74. The third kappa shape index (κ3) is 8.79. The normalized spacial score (nSPS) is 11.2. The zero-order valence-corrected chi connectivity index (χ0v) is 16.1. The van der Waals surface area contributed by atoms with E-state index in [0.29, 0.717) is 19.4 Å². The molecule has 154 valence electrons. The second kappa shape index (κ2) is 12.0. The summed E-state index contributed by atoms with van der Waals surface area (Å²) in [6, 6.07) is 17.7. The van der Waals surface area contributed by atoms with Crippen molar-refractivity contribution >= 4 is 18.0 Å². The number of guanidine groups is 1. The van der Waals surface area contributed by atoms with Crippen molar-refractivity contribution in [1.29, 1.82) is 0 Å². The van der Waals surface area contributed by atoms with Gasteiger partial charge in [0.2, 0.25) is 0 Å². The van der Waals surface area contributed by atoms with Gasteiger partial charge in [0.15, 0.2) is 5.96 Å². The van der Waals surface area contributed by atoms with Crippen LogP contribution in [-0.4, -0.2) is 30.6 Å². The largest absolute Gasteiger partial charge is 0.459 e. The van der Waals surface area contributed by atoms with Gasteiger partial charge in [-0.05, 0) is 24.0 Å². The van der Waals surface area contributed by atoms with Gasteiger partial charge < -0.3 is 26.3 Å². The van der Waals surface area contributed by atoms with E-state index in [4.69, 9.17) is 20.9 Å². The van der Waals surface area contributed by atoms with Crippen LogP contribution in [0.2, 0.25) is 0 Å². The van der Waals surface area contributed by atoms with Gasteiger partial charge in [-0.2, -0.15) is 0 Å². The summed E-state index contributed by atoms with van der Waals surface area (Å²) in [5.74, 6) is -0.571. The zero-order chi connectivity index (χ0) is 20.9. The summed E-state index contributed by atoms with van der Waals surface area (Å²) in [5, 5.41) is 2.56. The Morgan fingerprint density at radius 1 is 0.897 bits per heavy atom. The van der Waals surface area contributed by atoms with Gasteiger partial charge in [-0.1, -0.05) is 60.7 Å². The van der Waals surface area contributed by atoms with Crippen molar-refractivity contribution in [3.63, 3.8) is 0 Å². The molecule has 0 spiro atoms. The van der Waals surface area contributed by atoms with Crippen LogP contribution in [0.25, 0.3) is 0 Å². The first-order valence-corrected chi connectivity index (χ1v) is 9.28. The van der Waals surface area contributed by atoms with Crippen LogP contribution in [0.15, 0.2) is 65.7 Å². The molecule has 0 saturated carbocycles. The number of esters is 1. The Kier molecular flexibility index (Phi) is 9.01. The quantitative estimate of drug-likeness (QED) is 0.243.